The molecule has 0 spiro atoms. The zero-order valence-corrected chi connectivity index (χ0v) is 9.39. The number of hydrogen-bond acceptors (Lipinski definition) is 5. The van der Waals surface area contributed by atoms with Crippen molar-refractivity contribution in [3.63, 3.8) is 0 Å². The third-order valence-electron chi connectivity index (χ3n) is 2.11. The van der Waals surface area contributed by atoms with E-state index >= 15 is 0 Å². The third-order valence-corrected chi connectivity index (χ3v) is 2.11. The van der Waals surface area contributed by atoms with E-state index in [1.54, 1.807) is 13.3 Å². The molecule has 3 N–H and O–H groups in total. The molecule has 16 heavy (non-hydrogen) atoms. The van der Waals surface area contributed by atoms with Crippen molar-refractivity contribution in [3.05, 3.63) is 18.6 Å². The van der Waals surface area contributed by atoms with Crippen LogP contribution in [0.3, 0.4) is 0 Å². The summed E-state index contributed by atoms with van der Waals surface area (Å²) in [4.78, 5) is 10.0. The molecule has 1 rings (SSSR count). The van der Waals surface area contributed by atoms with Gasteiger partial charge in [-0.2, -0.15) is 0 Å². The van der Waals surface area contributed by atoms with Crippen molar-refractivity contribution in [3.8, 4) is 0 Å². The molecule has 0 aliphatic carbocycles. The van der Waals surface area contributed by atoms with Gasteiger partial charge in [-0.3, -0.25) is 5.41 Å². The molecule has 0 saturated carbocycles. The number of aromatic nitrogens is 2. The second-order valence-electron chi connectivity index (χ2n) is 3.32. The minimum atomic E-state index is 0.177. The van der Waals surface area contributed by atoms with Gasteiger partial charge >= 0.3 is 0 Å². The van der Waals surface area contributed by atoms with Gasteiger partial charge in [-0.05, 0) is 6.07 Å². The second kappa shape index (κ2) is 6.73. The maximum atomic E-state index is 7.21. The fraction of sp³-hybridized carbons (Fsp3) is 0.500. The van der Waals surface area contributed by atoms with Gasteiger partial charge in [0.25, 0.3) is 0 Å². The van der Waals surface area contributed by atoms with Crippen LogP contribution in [0.25, 0.3) is 0 Å². The lowest BCUT2D eigenvalue weighted by Gasteiger charge is -2.22. The number of anilines is 1. The number of nitrogens with zero attached hydrogens (tertiary/aromatic N) is 3. The number of hydrogen-bond donors (Lipinski definition) is 2. The zero-order chi connectivity index (χ0) is 11.8. The Balaban J connectivity index is 2.59. The molecular formula is C10H17N5O. The molecule has 1 heterocycles. The Morgan fingerprint density at radius 1 is 1.56 bits per heavy atom. The Labute approximate surface area is 95.0 Å². The smallest absolute Gasteiger partial charge is 0.131 e. The Bertz CT molecular complexity index is 316. The van der Waals surface area contributed by atoms with Crippen LogP contribution in [0, 0.1) is 5.41 Å². The molecule has 0 atom stereocenters. The van der Waals surface area contributed by atoms with Crippen molar-refractivity contribution in [1.82, 2.24) is 9.97 Å². The lowest BCUT2D eigenvalue weighted by molar-refractivity contribution is 0.205. The number of nitrogens with one attached hydrogen (secondary N) is 1. The largest absolute Gasteiger partial charge is 0.388 e. The molecule has 0 amide bonds. The van der Waals surface area contributed by atoms with Gasteiger partial charge in [-0.1, -0.05) is 0 Å². The standard InChI is InChI=1S/C10H17N5O/c1-16-7-6-15(5-3-9(11)12)10-2-4-13-8-14-10/h2,4,8H,3,5-7H2,1H3,(H3,11,12). The van der Waals surface area contributed by atoms with Crippen LogP contribution < -0.4 is 10.6 Å². The van der Waals surface area contributed by atoms with E-state index in [1.807, 2.05) is 11.0 Å². The summed E-state index contributed by atoms with van der Waals surface area (Å²) >= 11 is 0. The SMILES string of the molecule is COCCN(CCC(=N)N)c1ccncn1. The lowest BCUT2D eigenvalue weighted by atomic mass is 10.3. The molecule has 0 unspecified atom stereocenters. The molecule has 0 fully saturated rings. The van der Waals surface area contributed by atoms with Gasteiger partial charge in [0.2, 0.25) is 0 Å². The van der Waals surface area contributed by atoms with E-state index in [4.69, 9.17) is 15.9 Å². The van der Waals surface area contributed by atoms with E-state index in [-0.39, 0.29) is 5.84 Å². The number of rotatable bonds is 7. The van der Waals surface area contributed by atoms with Gasteiger partial charge in [0.1, 0.15) is 12.1 Å². The highest BCUT2D eigenvalue weighted by Crippen LogP contribution is 2.08. The van der Waals surface area contributed by atoms with Gasteiger partial charge in [0, 0.05) is 32.8 Å². The average molecular weight is 223 g/mol. The topological polar surface area (TPSA) is 88.1 Å². The molecule has 0 radical (unpaired) electrons. The van der Waals surface area contributed by atoms with Gasteiger partial charge in [-0.25, -0.2) is 9.97 Å². The van der Waals surface area contributed by atoms with Gasteiger partial charge in [-0.15, -0.1) is 0 Å². The number of amidine groups is 1. The zero-order valence-electron chi connectivity index (χ0n) is 9.39. The van der Waals surface area contributed by atoms with E-state index in [0.29, 0.717) is 19.6 Å². The van der Waals surface area contributed by atoms with Crippen molar-refractivity contribution in [1.29, 1.82) is 5.41 Å². The minimum Gasteiger partial charge on any atom is -0.388 e. The first-order valence-electron chi connectivity index (χ1n) is 5.07. The van der Waals surface area contributed by atoms with Crippen LogP contribution in [0.15, 0.2) is 18.6 Å². The minimum absolute atomic E-state index is 0.177. The molecule has 88 valence electrons. The first-order chi connectivity index (χ1) is 7.74. The summed E-state index contributed by atoms with van der Waals surface area (Å²) in [5.74, 6) is 1.00. The lowest BCUT2D eigenvalue weighted by Crippen LogP contribution is -2.31. The second-order valence-corrected chi connectivity index (χ2v) is 3.32. The van der Waals surface area contributed by atoms with Crippen molar-refractivity contribution < 1.29 is 4.74 Å². The van der Waals surface area contributed by atoms with E-state index in [1.165, 1.54) is 6.33 Å². The molecule has 6 nitrogen and oxygen atoms in total. The molecule has 1 aromatic heterocycles. The predicted octanol–water partition coefficient (Wildman–Crippen LogP) is 0.255. The van der Waals surface area contributed by atoms with Gasteiger partial charge in [0.15, 0.2) is 0 Å². The fourth-order valence-electron chi connectivity index (χ4n) is 1.27. The molecule has 0 bridgehead atoms. The fourth-order valence-corrected chi connectivity index (χ4v) is 1.27. The number of methoxy groups -OCH3 is 1. The van der Waals surface area contributed by atoms with Crippen LogP contribution in [0.4, 0.5) is 5.82 Å². The van der Waals surface area contributed by atoms with Crippen LogP contribution in [0.1, 0.15) is 6.42 Å². The summed E-state index contributed by atoms with van der Waals surface area (Å²) in [6, 6.07) is 1.83. The highest BCUT2D eigenvalue weighted by atomic mass is 16.5. The molecule has 1 aromatic rings. The highest BCUT2D eigenvalue weighted by Gasteiger charge is 2.07. The summed E-state index contributed by atoms with van der Waals surface area (Å²) in [6.07, 6.45) is 3.71. The van der Waals surface area contributed by atoms with Gasteiger partial charge < -0.3 is 15.4 Å². The summed E-state index contributed by atoms with van der Waals surface area (Å²) in [7, 11) is 1.66. The monoisotopic (exact) mass is 223 g/mol. The van der Waals surface area contributed by atoms with Crippen LogP contribution in [-0.2, 0) is 4.74 Å². The highest BCUT2D eigenvalue weighted by molar-refractivity contribution is 5.77. The molecular weight excluding hydrogens is 206 g/mol. The molecule has 0 aliphatic rings. The Morgan fingerprint density at radius 2 is 2.38 bits per heavy atom. The van der Waals surface area contributed by atoms with Crippen LogP contribution in [0.5, 0.6) is 0 Å². The van der Waals surface area contributed by atoms with Gasteiger partial charge in [0.05, 0.1) is 12.4 Å². The maximum Gasteiger partial charge on any atom is 0.131 e. The molecule has 6 heteroatoms. The molecule has 0 saturated heterocycles. The number of ether oxygens (including phenoxy) is 1. The van der Waals surface area contributed by atoms with Crippen LogP contribution in [0.2, 0.25) is 0 Å². The Kier molecular flexibility index (Phi) is 5.21. The summed E-state index contributed by atoms with van der Waals surface area (Å²) < 4.78 is 5.03. The van der Waals surface area contributed by atoms with Crippen molar-refractivity contribution in [2.75, 3.05) is 31.7 Å². The molecule has 0 aliphatic heterocycles. The summed E-state index contributed by atoms with van der Waals surface area (Å²) in [5.41, 5.74) is 5.34. The maximum absolute atomic E-state index is 7.21. The summed E-state index contributed by atoms with van der Waals surface area (Å²) in [5, 5.41) is 7.21. The third kappa shape index (κ3) is 4.22. The average Bonchev–Trinajstić information content (AvgIpc) is 2.30. The first kappa shape index (κ1) is 12.4. The first-order valence-corrected chi connectivity index (χ1v) is 5.07. The predicted molar refractivity (Wildman–Crippen MR) is 62.7 cm³/mol. The normalized spacial score (nSPS) is 10.1. The van der Waals surface area contributed by atoms with Crippen molar-refractivity contribution in [2.45, 2.75) is 6.42 Å². The quantitative estimate of drug-likeness (QED) is 0.511. The van der Waals surface area contributed by atoms with E-state index in [0.717, 1.165) is 12.4 Å². The van der Waals surface area contributed by atoms with E-state index in [2.05, 4.69) is 9.97 Å². The number of nitrogens with two attached hydrogens (primary N) is 1. The van der Waals surface area contributed by atoms with Crippen LogP contribution >= 0.6 is 0 Å². The summed E-state index contributed by atoms with van der Waals surface area (Å²) in [6.45, 7) is 2.00. The Hall–Kier alpha value is -1.69. The van der Waals surface area contributed by atoms with Crippen LogP contribution in [-0.4, -0.2) is 42.6 Å². The van der Waals surface area contributed by atoms with Crippen molar-refractivity contribution in [2.24, 2.45) is 5.73 Å². The van der Waals surface area contributed by atoms with Crippen molar-refractivity contribution >= 4 is 11.7 Å². The van der Waals surface area contributed by atoms with E-state index < -0.39 is 0 Å². The Morgan fingerprint density at radius 3 is 2.94 bits per heavy atom. The van der Waals surface area contributed by atoms with E-state index in [9.17, 15) is 0 Å². The molecule has 0 aromatic carbocycles.